The van der Waals surface area contributed by atoms with Crippen molar-refractivity contribution < 1.29 is 9.59 Å². The second kappa shape index (κ2) is 14.2. The second-order valence-electron chi connectivity index (χ2n) is 9.45. The number of carbonyl (C=O) groups excluding carboxylic acids is 2. The quantitative estimate of drug-likeness (QED) is 0.782. The number of piperidine rings is 1. The number of imidazole rings is 1. The highest BCUT2D eigenvalue weighted by Crippen LogP contribution is 2.17. The predicted octanol–water partition coefficient (Wildman–Crippen LogP) is 3.16. The number of amides is 2. The van der Waals surface area contributed by atoms with Crippen LogP contribution in [0.5, 0.6) is 0 Å². The number of aromatic nitrogens is 2. The molecule has 2 fully saturated rings. The van der Waals surface area contributed by atoms with Crippen LogP contribution in [0.4, 0.5) is 0 Å². The van der Waals surface area contributed by atoms with Crippen LogP contribution in [-0.4, -0.2) is 70.3 Å². The van der Waals surface area contributed by atoms with E-state index in [2.05, 4.69) is 56.8 Å². The average molecular weight is 422 g/mol. The minimum absolute atomic E-state index is 0.0914. The van der Waals surface area contributed by atoms with Crippen LogP contribution in [0.15, 0.2) is 18.7 Å². The maximum Gasteiger partial charge on any atom is 0.242 e. The first-order valence-corrected chi connectivity index (χ1v) is 11.4. The summed E-state index contributed by atoms with van der Waals surface area (Å²) in [5, 5.41) is 3.27. The monoisotopic (exact) mass is 421 g/mol. The van der Waals surface area contributed by atoms with Gasteiger partial charge in [0.15, 0.2) is 0 Å². The van der Waals surface area contributed by atoms with Crippen LogP contribution < -0.4 is 5.32 Å². The number of likely N-dealkylation sites (tertiary alicyclic amines) is 1. The van der Waals surface area contributed by atoms with Gasteiger partial charge in [0.25, 0.3) is 0 Å². The van der Waals surface area contributed by atoms with Crippen molar-refractivity contribution in [3.63, 3.8) is 0 Å². The fourth-order valence-corrected chi connectivity index (χ4v) is 3.34. The van der Waals surface area contributed by atoms with Crippen molar-refractivity contribution in [2.45, 2.75) is 66.8 Å². The van der Waals surface area contributed by atoms with Gasteiger partial charge in [-0.15, -0.1) is 0 Å². The SMILES string of the molecule is CC(C)C.CC(C)CC1NCCN(CC(=O)N2CCC(C)CC2)C1=O.c1c[nH]cn1. The molecule has 0 aromatic carbocycles. The Labute approximate surface area is 183 Å². The molecule has 30 heavy (non-hydrogen) atoms. The Kier molecular flexibility index (Phi) is 12.4. The molecule has 7 heteroatoms. The van der Waals surface area contributed by atoms with E-state index in [-0.39, 0.29) is 24.4 Å². The van der Waals surface area contributed by atoms with Gasteiger partial charge < -0.3 is 20.1 Å². The fourth-order valence-electron chi connectivity index (χ4n) is 3.34. The normalized spacial score (nSPS) is 19.9. The third kappa shape index (κ3) is 10.8. The van der Waals surface area contributed by atoms with E-state index >= 15 is 0 Å². The molecule has 1 aromatic heterocycles. The lowest BCUT2D eigenvalue weighted by Gasteiger charge is -2.36. The number of piperazine rings is 1. The molecule has 7 nitrogen and oxygen atoms in total. The van der Waals surface area contributed by atoms with Crippen LogP contribution in [0.1, 0.15) is 60.8 Å². The summed E-state index contributed by atoms with van der Waals surface area (Å²) >= 11 is 0. The van der Waals surface area contributed by atoms with Gasteiger partial charge in [-0.25, -0.2) is 4.98 Å². The molecule has 2 aliphatic rings. The molecule has 2 saturated heterocycles. The first-order valence-electron chi connectivity index (χ1n) is 11.4. The molecule has 2 aliphatic heterocycles. The smallest absolute Gasteiger partial charge is 0.242 e. The highest BCUT2D eigenvalue weighted by molar-refractivity contribution is 5.88. The van der Waals surface area contributed by atoms with E-state index in [9.17, 15) is 9.59 Å². The van der Waals surface area contributed by atoms with Crippen molar-refractivity contribution in [2.75, 3.05) is 32.7 Å². The Morgan fingerprint density at radius 1 is 1.17 bits per heavy atom. The van der Waals surface area contributed by atoms with E-state index < -0.39 is 0 Å². The molecule has 0 saturated carbocycles. The minimum Gasteiger partial charge on any atom is -0.351 e. The Morgan fingerprint density at radius 3 is 2.27 bits per heavy atom. The zero-order valence-corrected chi connectivity index (χ0v) is 19.9. The van der Waals surface area contributed by atoms with E-state index in [4.69, 9.17) is 0 Å². The zero-order valence-electron chi connectivity index (χ0n) is 19.9. The molecule has 0 bridgehead atoms. The Morgan fingerprint density at radius 2 is 1.80 bits per heavy atom. The van der Waals surface area contributed by atoms with Crippen LogP contribution in [0, 0.1) is 17.8 Å². The van der Waals surface area contributed by atoms with Crippen LogP contribution in [0.3, 0.4) is 0 Å². The summed E-state index contributed by atoms with van der Waals surface area (Å²) < 4.78 is 0. The summed E-state index contributed by atoms with van der Waals surface area (Å²) in [7, 11) is 0. The third-order valence-corrected chi connectivity index (χ3v) is 4.96. The number of nitrogens with zero attached hydrogens (tertiary/aromatic N) is 3. The van der Waals surface area contributed by atoms with E-state index in [1.165, 1.54) is 0 Å². The maximum atomic E-state index is 12.4. The van der Waals surface area contributed by atoms with Gasteiger partial charge in [-0.2, -0.15) is 0 Å². The summed E-state index contributed by atoms with van der Waals surface area (Å²) in [4.78, 5) is 34.9. The van der Waals surface area contributed by atoms with E-state index in [0.717, 1.165) is 44.8 Å². The first-order chi connectivity index (χ1) is 14.2. The third-order valence-electron chi connectivity index (χ3n) is 4.96. The van der Waals surface area contributed by atoms with Crippen LogP contribution in [0.25, 0.3) is 0 Å². The van der Waals surface area contributed by atoms with Gasteiger partial charge in [-0.3, -0.25) is 9.59 Å². The molecule has 3 heterocycles. The first kappa shape index (κ1) is 26.1. The van der Waals surface area contributed by atoms with Crippen molar-refractivity contribution in [2.24, 2.45) is 17.8 Å². The topological polar surface area (TPSA) is 81.3 Å². The summed E-state index contributed by atoms with van der Waals surface area (Å²) in [5.41, 5.74) is 0. The highest BCUT2D eigenvalue weighted by Gasteiger charge is 2.31. The lowest BCUT2D eigenvalue weighted by molar-refractivity contribution is -0.144. The standard InChI is InChI=1S/C16H29N3O2.C4H10.C3H4N2/c1-12(2)10-14-16(21)19(9-6-17-14)11-15(20)18-7-4-13(3)5-8-18;1-4(2)3;1-2-5-3-4-1/h12-14,17H,4-11H2,1-3H3;4H,1-3H3;1-3H,(H,4,5). The number of aromatic amines is 1. The number of carbonyl (C=O) groups is 2. The molecular formula is C23H43N5O2. The van der Waals surface area contributed by atoms with Gasteiger partial charge >= 0.3 is 0 Å². The van der Waals surface area contributed by atoms with Crippen LogP contribution in [-0.2, 0) is 9.59 Å². The molecule has 2 amide bonds. The summed E-state index contributed by atoms with van der Waals surface area (Å²) in [6, 6.07) is -0.118. The lowest BCUT2D eigenvalue weighted by Crippen LogP contribution is -2.57. The minimum atomic E-state index is -0.118. The van der Waals surface area contributed by atoms with Gasteiger partial charge in [0.05, 0.1) is 18.9 Å². The molecule has 1 aromatic rings. The number of rotatable bonds is 4. The lowest BCUT2D eigenvalue weighted by atomic mass is 9.99. The molecule has 1 atom stereocenters. The van der Waals surface area contributed by atoms with Gasteiger partial charge in [0, 0.05) is 38.6 Å². The number of hydrogen-bond donors (Lipinski definition) is 2. The predicted molar refractivity (Wildman–Crippen MR) is 122 cm³/mol. The van der Waals surface area contributed by atoms with Crippen molar-refractivity contribution >= 4 is 11.8 Å². The number of H-pyrrole nitrogens is 1. The Bertz CT molecular complexity index is 560. The van der Waals surface area contributed by atoms with Crippen molar-refractivity contribution in [3.05, 3.63) is 18.7 Å². The van der Waals surface area contributed by atoms with Crippen molar-refractivity contribution in [1.82, 2.24) is 25.1 Å². The maximum absolute atomic E-state index is 12.4. The Balaban J connectivity index is 0.000000414. The zero-order chi connectivity index (χ0) is 22.5. The molecule has 172 valence electrons. The van der Waals surface area contributed by atoms with Gasteiger partial charge in [-0.1, -0.05) is 41.5 Å². The largest absolute Gasteiger partial charge is 0.351 e. The molecule has 2 N–H and O–H groups in total. The van der Waals surface area contributed by atoms with Gasteiger partial charge in [0.2, 0.25) is 11.8 Å². The molecule has 1 unspecified atom stereocenters. The average Bonchev–Trinajstić information content (AvgIpc) is 3.25. The van der Waals surface area contributed by atoms with Crippen LogP contribution in [0.2, 0.25) is 0 Å². The van der Waals surface area contributed by atoms with Gasteiger partial charge in [-0.05, 0) is 37.0 Å². The van der Waals surface area contributed by atoms with E-state index in [1.807, 2.05) is 4.90 Å². The molecule has 0 aliphatic carbocycles. The molecule has 3 rings (SSSR count). The second-order valence-corrected chi connectivity index (χ2v) is 9.45. The van der Waals surface area contributed by atoms with E-state index in [1.54, 1.807) is 23.6 Å². The summed E-state index contributed by atoms with van der Waals surface area (Å²) in [6.07, 6.45) is 8.08. The number of nitrogens with one attached hydrogen (secondary N) is 2. The summed E-state index contributed by atoms with van der Waals surface area (Å²) in [5.74, 6) is 2.23. The van der Waals surface area contributed by atoms with E-state index in [0.29, 0.717) is 18.4 Å². The highest BCUT2D eigenvalue weighted by atomic mass is 16.2. The van der Waals surface area contributed by atoms with Crippen LogP contribution >= 0.6 is 0 Å². The number of hydrogen-bond acceptors (Lipinski definition) is 4. The summed E-state index contributed by atoms with van der Waals surface area (Å²) in [6.45, 7) is 16.3. The van der Waals surface area contributed by atoms with Gasteiger partial charge in [0.1, 0.15) is 0 Å². The molecule has 0 spiro atoms. The van der Waals surface area contributed by atoms with Crippen molar-refractivity contribution in [1.29, 1.82) is 0 Å². The molecule has 0 radical (unpaired) electrons. The fraction of sp³-hybridized carbons (Fsp3) is 0.783. The Hall–Kier alpha value is -1.89. The molecular weight excluding hydrogens is 378 g/mol. The van der Waals surface area contributed by atoms with Crippen molar-refractivity contribution in [3.8, 4) is 0 Å².